The highest BCUT2D eigenvalue weighted by atomic mass is 32.2. The molecule has 0 unspecified atom stereocenters. The van der Waals surface area contributed by atoms with Gasteiger partial charge in [0.2, 0.25) is 17.0 Å². The fraction of sp³-hybridized carbons (Fsp3) is 0.238. The van der Waals surface area contributed by atoms with Crippen LogP contribution in [0.5, 0.6) is 0 Å². The molecule has 1 aromatic heterocycles. The number of carbonyl (C=O) groups is 2. The van der Waals surface area contributed by atoms with Crippen LogP contribution in [0.25, 0.3) is 5.69 Å². The van der Waals surface area contributed by atoms with Gasteiger partial charge in [-0.05, 0) is 37.1 Å². The van der Waals surface area contributed by atoms with E-state index in [0.717, 1.165) is 22.5 Å². The number of hydrogen-bond donors (Lipinski definition) is 1. The van der Waals surface area contributed by atoms with E-state index in [4.69, 9.17) is 0 Å². The van der Waals surface area contributed by atoms with Crippen molar-refractivity contribution in [2.24, 2.45) is 0 Å². The molecule has 0 radical (unpaired) electrons. The fourth-order valence-corrected chi connectivity index (χ4v) is 3.49. The van der Waals surface area contributed by atoms with Crippen LogP contribution in [0.15, 0.2) is 60.0 Å². The molecule has 0 bridgehead atoms. The highest BCUT2D eigenvalue weighted by Crippen LogP contribution is 2.19. The second kappa shape index (κ2) is 9.38. The number of aromatic nitrogens is 3. The number of carbonyl (C=O) groups excluding carboxylic acids is 2. The normalized spacial score (nSPS) is 10.6. The number of nitrogens with zero attached hydrogens (tertiary/aromatic N) is 4. The van der Waals surface area contributed by atoms with Gasteiger partial charge in [0.15, 0.2) is 0 Å². The maximum Gasteiger partial charge on any atom is 0.243 e. The van der Waals surface area contributed by atoms with Gasteiger partial charge in [-0.2, -0.15) is 0 Å². The summed E-state index contributed by atoms with van der Waals surface area (Å²) >= 11 is 1.24. The molecule has 2 aromatic carbocycles. The lowest BCUT2D eigenvalue weighted by Gasteiger charge is -2.17. The molecule has 0 atom stereocenters. The van der Waals surface area contributed by atoms with Gasteiger partial charge in [-0.1, -0.05) is 48.2 Å². The monoisotopic (exact) mass is 409 g/mol. The van der Waals surface area contributed by atoms with Crippen LogP contribution in [0.1, 0.15) is 11.1 Å². The van der Waals surface area contributed by atoms with E-state index < -0.39 is 0 Å². The molecule has 1 N–H and O–H groups in total. The number of thioether (sulfide) groups is 1. The molecule has 0 aliphatic carbocycles. The number of para-hydroxylation sites is 2. The third-order valence-corrected chi connectivity index (χ3v) is 5.20. The van der Waals surface area contributed by atoms with Gasteiger partial charge in [-0.3, -0.25) is 9.59 Å². The van der Waals surface area contributed by atoms with Gasteiger partial charge in [0, 0.05) is 12.7 Å². The van der Waals surface area contributed by atoms with Crippen molar-refractivity contribution in [3.05, 3.63) is 66.0 Å². The van der Waals surface area contributed by atoms with E-state index in [9.17, 15) is 9.59 Å². The Morgan fingerprint density at radius 3 is 2.45 bits per heavy atom. The number of benzene rings is 2. The number of rotatable bonds is 7. The summed E-state index contributed by atoms with van der Waals surface area (Å²) in [6, 6.07) is 15.5. The third kappa shape index (κ3) is 5.45. The summed E-state index contributed by atoms with van der Waals surface area (Å²) in [5.74, 6) is -0.233. The zero-order valence-electron chi connectivity index (χ0n) is 16.6. The van der Waals surface area contributed by atoms with Crippen molar-refractivity contribution in [1.82, 2.24) is 19.7 Å². The van der Waals surface area contributed by atoms with Crippen LogP contribution in [-0.4, -0.2) is 50.8 Å². The SMILES string of the molecule is Cc1cccc(C)c1NC(=O)CN(C)C(=O)CSc1ncn(-c2ccccc2)n1. The summed E-state index contributed by atoms with van der Waals surface area (Å²) in [7, 11) is 1.61. The number of hydrogen-bond acceptors (Lipinski definition) is 5. The van der Waals surface area contributed by atoms with Crippen molar-refractivity contribution in [2.75, 3.05) is 24.7 Å². The fourth-order valence-electron chi connectivity index (χ4n) is 2.75. The molecule has 3 rings (SSSR count). The van der Waals surface area contributed by atoms with E-state index in [-0.39, 0.29) is 24.1 Å². The van der Waals surface area contributed by atoms with Crippen LogP contribution in [0, 0.1) is 13.8 Å². The lowest BCUT2D eigenvalue weighted by molar-refractivity contribution is -0.131. The number of aryl methyl sites for hydroxylation is 2. The van der Waals surface area contributed by atoms with Gasteiger partial charge in [0.1, 0.15) is 6.33 Å². The summed E-state index contributed by atoms with van der Waals surface area (Å²) in [5.41, 5.74) is 3.67. The first kappa shape index (κ1) is 20.6. The minimum atomic E-state index is -0.227. The largest absolute Gasteiger partial charge is 0.336 e. The standard InChI is InChI=1S/C21H23N5O2S/c1-15-8-7-9-16(2)20(15)23-18(27)12-25(3)19(28)13-29-21-22-14-26(24-21)17-10-5-4-6-11-17/h4-11,14H,12-13H2,1-3H3,(H,23,27). The lowest BCUT2D eigenvalue weighted by Crippen LogP contribution is -2.36. The Balaban J connectivity index is 1.50. The van der Waals surface area contributed by atoms with E-state index >= 15 is 0 Å². The number of anilines is 1. The van der Waals surface area contributed by atoms with Gasteiger partial charge in [0.05, 0.1) is 18.0 Å². The second-order valence-electron chi connectivity index (χ2n) is 6.66. The van der Waals surface area contributed by atoms with Crippen LogP contribution in [0.2, 0.25) is 0 Å². The molecule has 0 saturated carbocycles. The molecule has 1 heterocycles. The lowest BCUT2D eigenvalue weighted by atomic mass is 10.1. The molecule has 29 heavy (non-hydrogen) atoms. The summed E-state index contributed by atoms with van der Waals surface area (Å²) in [6.07, 6.45) is 1.61. The first-order valence-corrected chi connectivity index (χ1v) is 10.1. The van der Waals surface area contributed by atoms with Crippen LogP contribution < -0.4 is 5.32 Å². The summed E-state index contributed by atoms with van der Waals surface area (Å²) < 4.78 is 1.66. The predicted octanol–water partition coefficient (Wildman–Crippen LogP) is 3.07. The van der Waals surface area contributed by atoms with Gasteiger partial charge >= 0.3 is 0 Å². The zero-order chi connectivity index (χ0) is 20.8. The molecular weight excluding hydrogens is 386 g/mol. The van der Waals surface area contributed by atoms with E-state index in [2.05, 4.69) is 15.4 Å². The summed E-state index contributed by atoms with van der Waals surface area (Å²) in [6.45, 7) is 3.87. The maximum atomic E-state index is 12.4. The molecule has 150 valence electrons. The first-order chi connectivity index (χ1) is 13.9. The van der Waals surface area contributed by atoms with Crippen LogP contribution in [0.3, 0.4) is 0 Å². The van der Waals surface area contributed by atoms with Crippen LogP contribution >= 0.6 is 11.8 Å². The highest BCUT2D eigenvalue weighted by molar-refractivity contribution is 7.99. The topological polar surface area (TPSA) is 80.1 Å². The highest BCUT2D eigenvalue weighted by Gasteiger charge is 2.16. The molecular formula is C21H23N5O2S. The third-order valence-electron chi connectivity index (χ3n) is 4.37. The van der Waals surface area contributed by atoms with Crippen molar-refractivity contribution in [2.45, 2.75) is 19.0 Å². The average molecular weight is 410 g/mol. The van der Waals surface area contributed by atoms with Crippen LogP contribution in [-0.2, 0) is 9.59 Å². The minimum Gasteiger partial charge on any atom is -0.336 e. The summed E-state index contributed by atoms with van der Waals surface area (Å²) in [4.78, 5) is 30.3. The molecule has 8 heteroatoms. The molecule has 7 nitrogen and oxygen atoms in total. The Morgan fingerprint density at radius 1 is 1.07 bits per heavy atom. The molecule has 0 aliphatic heterocycles. The van der Waals surface area contributed by atoms with E-state index in [0.29, 0.717) is 5.16 Å². The van der Waals surface area contributed by atoms with E-state index in [1.54, 1.807) is 18.1 Å². The molecule has 2 amide bonds. The minimum absolute atomic E-state index is 0.0148. The van der Waals surface area contributed by atoms with Gasteiger partial charge in [-0.15, -0.1) is 5.10 Å². The van der Waals surface area contributed by atoms with Crippen molar-refractivity contribution in [1.29, 1.82) is 0 Å². The zero-order valence-corrected chi connectivity index (χ0v) is 17.4. The Bertz CT molecular complexity index is 983. The predicted molar refractivity (Wildman–Crippen MR) is 114 cm³/mol. The number of amides is 2. The average Bonchev–Trinajstić information content (AvgIpc) is 3.19. The van der Waals surface area contributed by atoms with E-state index in [1.165, 1.54) is 16.7 Å². The van der Waals surface area contributed by atoms with Crippen molar-refractivity contribution in [3.63, 3.8) is 0 Å². The second-order valence-corrected chi connectivity index (χ2v) is 7.60. The van der Waals surface area contributed by atoms with Crippen LogP contribution in [0.4, 0.5) is 5.69 Å². The Hall–Kier alpha value is -3.13. The molecule has 3 aromatic rings. The quantitative estimate of drug-likeness (QED) is 0.607. The van der Waals surface area contributed by atoms with E-state index in [1.807, 2.05) is 62.4 Å². The van der Waals surface area contributed by atoms with Gasteiger partial charge in [0.25, 0.3) is 0 Å². The Labute approximate surface area is 174 Å². The van der Waals surface area contributed by atoms with Gasteiger partial charge in [-0.25, -0.2) is 9.67 Å². The smallest absolute Gasteiger partial charge is 0.243 e. The van der Waals surface area contributed by atoms with Crippen molar-refractivity contribution in [3.8, 4) is 5.69 Å². The van der Waals surface area contributed by atoms with Gasteiger partial charge < -0.3 is 10.2 Å². The molecule has 0 aliphatic rings. The maximum absolute atomic E-state index is 12.4. The molecule has 0 fully saturated rings. The molecule has 0 spiro atoms. The Morgan fingerprint density at radius 2 is 1.76 bits per heavy atom. The first-order valence-electron chi connectivity index (χ1n) is 9.14. The summed E-state index contributed by atoms with van der Waals surface area (Å²) in [5, 5.41) is 7.77. The number of likely N-dealkylation sites (N-methyl/N-ethyl adjacent to an activating group) is 1. The number of nitrogens with one attached hydrogen (secondary N) is 1. The van der Waals surface area contributed by atoms with Crippen molar-refractivity contribution < 1.29 is 9.59 Å². The Kier molecular flexibility index (Phi) is 6.66. The molecule has 0 saturated heterocycles. The van der Waals surface area contributed by atoms with Crippen molar-refractivity contribution >= 4 is 29.3 Å².